The van der Waals surface area contributed by atoms with Gasteiger partial charge in [0.25, 0.3) is 0 Å². The zero-order valence-electron chi connectivity index (χ0n) is 10.3. The van der Waals surface area contributed by atoms with Crippen LogP contribution in [0, 0.1) is 0 Å². The third-order valence-electron chi connectivity index (χ3n) is 2.55. The number of aromatic nitrogens is 1. The van der Waals surface area contributed by atoms with E-state index in [9.17, 15) is 4.79 Å². The summed E-state index contributed by atoms with van der Waals surface area (Å²) < 4.78 is 5.61. The second-order valence-electron chi connectivity index (χ2n) is 3.94. The van der Waals surface area contributed by atoms with Crippen LogP contribution in [0.25, 0.3) is 11.3 Å². The largest absolute Gasteiger partial charge is 0.441 e. The molecule has 0 spiro atoms. The number of hydrogen-bond acceptors (Lipinski definition) is 3. The molecule has 0 aliphatic rings. The monoisotopic (exact) mass is 244 g/mol. The minimum atomic E-state index is 0.0250. The Bertz CT molecular complexity index is 506. The Labute approximate surface area is 106 Å². The minimum Gasteiger partial charge on any atom is -0.441 e. The molecule has 4 nitrogen and oxygen atoms in total. The topological polar surface area (TPSA) is 55.1 Å². The van der Waals surface area contributed by atoms with Crippen LogP contribution in [0.3, 0.4) is 0 Å². The average molecular weight is 244 g/mol. The highest BCUT2D eigenvalue weighted by molar-refractivity contribution is 5.75. The van der Waals surface area contributed by atoms with Gasteiger partial charge >= 0.3 is 0 Å². The van der Waals surface area contributed by atoms with Gasteiger partial charge in [0.1, 0.15) is 0 Å². The van der Waals surface area contributed by atoms with E-state index in [1.165, 1.54) is 0 Å². The number of hydrogen-bond donors (Lipinski definition) is 1. The predicted molar refractivity (Wildman–Crippen MR) is 68.9 cm³/mol. The molecule has 18 heavy (non-hydrogen) atoms. The van der Waals surface area contributed by atoms with E-state index in [4.69, 9.17) is 4.42 Å². The van der Waals surface area contributed by atoms with Crippen molar-refractivity contribution in [3.8, 4) is 11.3 Å². The lowest BCUT2D eigenvalue weighted by Gasteiger charge is -1.99. The predicted octanol–water partition coefficient (Wildman–Crippen LogP) is 2.41. The Morgan fingerprint density at radius 3 is 2.83 bits per heavy atom. The molecule has 4 heteroatoms. The molecule has 0 fully saturated rings. The maximum absolute atomic E-state index is 11.3. The summed E-state index contributed by atoms with van der Waals surface area (Å²) in [6.45, 7) is 2.55. The summed E-state index contributed by atoms with van der Waals surface area (Å²) in [5.41, 5.74) is 0.995. The molecular weight excluding hydrogens is 228 g/mol. The fourth-order valence-electron chi connectivity index (χ4n) is 1.67. The molecule has 0 aliphatic carbocycles. The molecule has 0 unspecified atom stereocenters. The Balaban J connectivity index is 1.97. The smallest absolute Gasteiger partial charge is 0.220 e. The van der Waals surface area contributed by atoms with Crippen LogP contribution in [-0.4, -0.2) is 17.4 Å². The van der Waals surface area contributed by atoms with Crippen molar-refractivity contribution in [1.82, 2.24) is 10.3 Å². The molecule has 0 saturated heterocycles. The van der Waals surface area contributed by atoms with E-state index in [2.05, 4.69) is 10.3 Å². The summed E-state index contributed by atoms with van der Waals surface area (Å²) in [5.74, 6) is 1.36. The van der Waals surface area contributed by atoms with Crippen LogP contribution in [0.1, 0.15) is 19.2 Å². The number of nitrogens with one attached hydrogen (secondary N) is 1. The fourth-order valence-corrected chi connectivity index (χ4v) is 1.67. The van der Waals surface area contributed by atoms with Gasteiger partial charge < -0.3 is 9.73 Å². The van der Waals surface area contributed by atoms with Gasteiger partial charge in [-0.05, 0) is 6.92 Å². The quantitative estimate of drug-likeness (QED) is 0.878. The summed E-state index contributed by atoms with van der Waals surface area (Å²) in [4.78, 5) is 15.5. The van der Waals surface area contributed by atoms with Gasteiger partial charge in [0.05, 0.1) is 6.20 Å². The van der Waals surface area contributed by atoms with Crippen molar-refractivity contribution in [2.45, 2.75) is 19.8 Å². The summed E-state index contributed by atoms with van der Waals surface area (Å²) in [5, 5.41) is 2.75. The molecule has 1 aromatic carbocycles. The Hall–Kier alpha value is -2.10. The summed E-state index contributed by atoms with van der Waals surface area (Å²) in [6, 6.07) is 9.79. The van der Waals surface area contributed by atoms with Gasteiger partial charge in [-0.1, -0.05) is 30.3 Å². The lowest BCUT2D eigenvalue weighted by Crippen LogP contribution is -2.22. The number of carbonyl (C=O) groups is 1. The Morgan fingerprint density at radius 1 is 1.33 bits per heavy atom. The van der Waals surface area contributed by atoms with Gasteiger partial charge in [0, 0.05) is 24.9 Å². The van der Waals surface area contributed by atoms with Crippen LogP contribution < -0.4 is 5.32 Å². The second-order valence-corrected chi connectivity index (χ2v) is 3.94. The van der Waals surface area contributed by atoms with E-state index in [0.717, 1.165) is 11.3 Å². The molecule has 0 saturated carbocycles. The van der Waals surface area contributed by atoms with Crippen molar-refractivity contribution >= 4 is 5.91 Å². The van der Waals surface area contributed by atoms with E-state index < -0.39 is 0 Å². The number of carbonyl (C=O) groups excluding carboxylic acids is 1. The summed E-state index contributed by atoms with van der Waals surface area (Å²) in [7, 11) is 0. The highest BCUT2D eigenvalue weighted by Gasteiger charge is 2.07. The number of rotatable bonds is 5. The van der Waals surface area contributed by atoms with E-state index in [0.29, 0.717) is 25.3 Å². The summed E-state index contributed by atoms with van der Waals surface area (Å²) in [6.07, 6.45) is 2.63. The van der Waals surface area contributed by atoms with E-state index >= 15 is 0 Å². The number of oxazole rings is 1. The molecule has 0 bridgehead atoms. The lowest BCUT2D eigenvalue weighted by atomic mass is 10.2. The summed E-state index contributed by atoms with van der Waals surface area (Å²) >= 11 is 0. The first kappa shape index (κ1) is 12.4. The molecule has 0 aliphatic heterocycles. The zero-order chi connectivity index (χ0) is 12.8. The van der Waals surface area contributed by atoms with E-state index in [1.807, 2.05) is 37.3 Å². The molecule has 1 aromatic heterocycles. The van der Waals surface area contributed by atoms with Crippen molar-refractivity contribution in [2.24, 2.45) is 0 Å². The molecular formula is C14H16N2O2. The van der Waals surface area contributed by atoms with Gasteiger partial charge in [0.2, 0.25) is 5.91 Å². The van der Waals surface area contributed by atoms with Gasteiger partial charge in [-0.15, -0.1) is 0 Å². The van der Waals surface area contributed by atoms with Crippen LogP contribution in [-0.2, 0) is 11.2 Å². The maximum atomic E-state index is 11.3. The molecule has 0 radical (unpaired) electrons. The van der Waals surface area contributed by atoms with Gasteiger partial charge in [-0.3, -0.25) is 4.79 Å². The first-order valence-electron chi connectivity index (χ1n) is 6.06. The van der Waals surface area contributed by atoms with Gasteiger partial charge in [-0.25, -0.2) is 4.98 Å². The van der Waals surface area contributed by atoms with E-state index in [-0.39, 0.29) is 5.91 Å². The molecule has 2 aromatic rings. The number of benzene rings is 1. The van der Waals surface area contributed by atoms with Gasteiger partial charge in [0.15, 0.2) is 11.7 Å². The number of aryl methyl sites for hydroxylation is 1. The van der Waals surface area contributed by atoms with Gasteiger partial charge in [-0.2, -0.15) is 0 Å². The van der Waals surface area contributed by atoms with Crippen molar-refractivity contribution < 1.29 is 9.21 Å². The van der Waals surface area contributed by atoms with Crippen LogP contribution in [0.5, 0.6) is 0 Å². The number of nitrogens with zero attached hydrogens (tertiary/aromatic N) is 1. The Kier molecular flexibility index (Phi) is 4.12. The molecule has 2 rings (SSSR count). The standard InChI is InChI=1S/C14H16N2O2/c1-2-15-13(17)8-9-14-16-10-12(18-14)11-6-4-3-5-7-11/h3-7,10H,2,8-9H2,1H3,(H,15,17). The van der Waals surface area contributed by atoms with Crippen molar-refractivity contribution in [1.29, 1.82) is 0 Å². The van der Waals surface area contributed by atoms with Crippen LogP contribution in [0.4, 0.5) is 0 Å². The Morgan fingerprint density at radius 2 is 2.11 bits per heavy atom. The van der Waals surface area contributed by atoms with Crippen molar-refractivity contribution in [3.05, 3.63) is 42.4 Å². The molecule has 94 valence electrons. The second kappa shape index (κ2) is 6.00. The molecule has 0 atom stereocenters. The highest BCUT2D eigenvalue weighted by atomic mass is 16.4. The molecule has 1 N–H and O–H groups in total. The number of amides is 1. The van der Waals surface area contributed by atoms with Crippen molar-refractivity contribution in [2.75, 3.05) is 6.54 Å². The SMILES string of the molecule is CCNC(=O)CCc1ncc(-c2ccccc2)o1. The minimum absolute atomic E-state index is 0.0250. The molecule has 1 heterocycles. The molecule has 1 amide bonds. The van der Waals surface area contributed by atoms with Crippen LogP contribution in [0.15, 0.2) is 40.9 Å². The average Bonchev–Trinajstić information content (AvgIpc) is 2.87. The van der Waals surface area contributed by atoms with Crippen LogP contribution in [0.2, 0.25) is 0 Å². The van der Waals surface area contributed by atoms with Crippen molar-refractivity contribution in [3.63, 3.8) is 0 Å². The maximum Gasteiger partial charge on any atom is 0.220 e. The van der Waals surface area contributed by atoms with Crippen LogP contribution >= 0.6 is 0 Å². The first-order chi connectivity index (χ1) is 8.79. The third kappa shape index (κ3) is 3.20. The lowest BCUT2D eigenvalue weighted by molar-refractivity contribution is -0.121. The highest BCUT2D eigenvalue weighted by Crippen LogP contribution is 2.20. The normalized spacial score (nSPS) is 10.3. The zero-order valence-corrected chi connectivity index (χ0v) is 10.3. The third-order valence-corrected chi connectivity index (χ3v) is 2.55. The fraction of sp³-hybridized carbons (Fsp3) is 0.286. The first-order valence-corrected chi connectivity index (χ1v) is 6.06. The van der Waals surface area contributed by atoms with E-state index in [1.54, 1.807) is 6.20 Å².